The molecule has 4 rings (SSSR count). The van der Waals surface area contributed by atoms with E-state index in [-0.39, 0.29) is 5.69 Å². The topological polar surface area (TPSA) is 52.2 Å². The van der Waals surface area contributed by atoms with Crippen LogP contribution in [0, 0.1) is 0 Å². The van der Waals surface area contributed by atoms with Crippen LogP contribution in [0.2, 0.25) is 0 Å². The van der Waals surface area contributed by atoms with Gasteiger partial charge in [-0.25, -0.2) is 18.9 Å². The Kier molecular flexibility index (Phi) is 4.38. The summed E-state index contributed by atoms with van der Waals surface area (Å²) in [6, 6.07) is 9.93. The SMILES string of the molecule is O=c1n(Cc2ccccc2)nc2c(SC3CCCCC3)nccn12. The fourth-order valence-corrected chi connectivity index (χ4v) is 4.46. The fraction of sp³-hybridized carbons (Fsp3) is 0.389. The Morgan fingerprint density at radius 1 is 1.12 bits per heavy atom. The van der Waals surface area contributed by atoms with Gasteiger partial charge < -0.3 is 0 Å². The van der Waals surface area contributed by atoms with Crippen molar-refractivity contribution in [2.75, 3.05) is 0 Å². The number of benzene rings is 1. The Balaban J connectivity index is 1.66. The standard InChI is InChI=1S/C18H20N4OS/c23-18-21-12-11-19-17(24-15-9-5-2-6-10-15)16(21)20-22(18)13-14-7-3-1-4-8-14/h1,3-4,7-8,11-12,15H,2,5-6,9-10,13H2. The summed E-state index contributed by atoms with van der Waals surface area (Å²) in [7, 11) is 0. The molecule has 5 nitrogen and oxygen atoms in total. The van der Waals surface area contributed by atoms with Crippen LogP contribution in [-0.2, 0) is 6.54 Å². The van der Waals surface area contributed by atoms with Gasteiger partial charge in [-0.3, -0.25) is 0 Å². The quantitative estimate of drug-likeness (QED) is 0.731. The summed E-state index contributed by atoms with van der Waals surface area (Å²) in [5.41, 5.74) is 1.63. The number of hydrogen-bond acceptors (Lipinski definition) is 4. The molecule has 2 heterocycles. The molecule has 0 unspecified atom stereocenters. The molecule has 1 aromatic carbocycles. The number of rotatable bonds is 4. The van der Waals surface area contributed by atoms with Crippen LogP contribution in [0.5, 0.6) is 0 Å². The highest BCUT2D eigenvalue weighted by atomic mass is 32.2. The molecule has 1 aliphatic rings. The molecule has 3 aromatic rings. The minimum absolute atomic E-state index is 0.109. The summed E-state index contributed by atoms with van der Waals surface area (Å²) >= 11 is 1.78. The van der Waals surface area contributed by atoms with Crippen LogP contribution in [0.15, 0.2) is 52.5 Å². The highest BCUT2D eigenvalue weighted by molar-refractivity contribution is 8.00. The van der Waals surface area contributed by atoms with E-state index < -0.39 is 0 Å². The molecular formula is C18H20N4OS. The Morgan fingerprint density at radius 2 is 1.92 bits per heavy atom. The van der Waals surface area contributed by atoms with E-state index in [1.54, 1.807) is 28.6 Å². The van der Waals surface area contributed by atoms with E-state index in [1.807, 2.05) is 30.3 Å². The van der Waals surface area contributed by atoms with Crippen LogP contribution >= 0.6 is 11.8 Å². The summed E-state index contributed by atoms with van der Waals surface area (Å²) in [4.78, 5) is 17.1. The molecular weight excluding hydrogens is 320 g/mol. The zero-order chi connectivity index (χ0) is 16.4. The van der Waals surface area contributed by atoms with Crippen LogP contribution in [0.1, 0.15) is 37.7 Å². The molecule has 24 heavy (non-hydrogen) atoms. The second-order valence-corrected chi connectivity index (χ2v) is 7.52. The van der Waals surface area contributed by atoms with Crippen LogP contribution in [0.3, 0.4) is 0 Å². The largest absolute Gasteiger partial charge is 0.350 e. The third kappa shape index (κ3) is 3.11. The number of nitrogens with zero attached hydrogens (tertiary/aromatic N) is 4. The van der Waals surface area contributed by atoms with Gasteiger partial charge in [0.05, 0.1) is 6.54 Å². The number of thioether (sulfide) groups is 1. The maximum Gasteiger partial charge on any atom is 0.350 e. The van der Waals surface area contributed by atoms with Crippen molar-refractivity contribution in [2.24, 2.45) is 0 Å². The highest BCUT2D eigenvalue weighted by Crippen LogP contribution is 2.33. The summed E-state index contributed by atoms with van der Waals surface area (Å²) in [5, 5.41) is 6.02. The lowest BCUT2D eigenvalue weighted by atomic mass is 10.0. The lowest BCUT2D eigenvalue weighted by molar-refractivity contribution is 0.516. The lowest BCUT2D eigenvalue weighted by Gasteiger charge is -2.20. The average molecular weight is 340 g/mol. The molecule has 2 aromatic heterocycles. The second kappa shape index (κ2) is 6.81. The van der Waals surface area contributed by atoms with Crippen molar-refractivity contribution in [3.8, 4) is 0 Å². The zero-order valence-electron chi connectivity index (χ0n) is 13.5. The van der Waals surface area contributed by atoms with Crippen molar-refractivity contribution >= 4 is 17.4 Å². The molecule has 0 atom stereocenters. The average Bonchev–Trinajstić information content (AvgIpc) is 2.94. The normalized spacial score (nSPS) is 15.8. The molecule has 6 heteroatoms. The Hall–Kier alpha value is -2.08. The van der Waals surface area contributed by atoms with Crippen LogP contribution in [0.4, 0.5) is 0 Å². The van der Waals surface area contributed by atoms with E-state index in [9.17, 15) is 4.79 Å². The minimum atomic E-state index is -0.109. The third-order valence-corrected chi connectivity index (χ3v) is 5.79. The van der Waals surface area contributed by atoms with Crippen molar-refractivity contribution in [3.05, 3.63) is 58.8 Å². The maximum absolute atomic E-state index is 12.6. The Morgan fingerprint density at radius 3 is 2.71 bits per heavy atom. The first-order chi connectivity index (χ1) is 11.8. The monoisotopic (exact) mass is 340 g/mol. The van der Waals surface area contributed by atoms with E-state index in [0.717, 1.165) is 10.6 Å². The lowest BCUT2D eigenvalue weighted by Crippen LogP contribution is -2.21. The van der Waals surface area contributed by atoms with Crippen molar-refractivity contribution in [2.45, 2.75) is 48.9 Å². The predicted molar refractivity (Wildman–Crippen MR) is 95.5 cm³/mol. The number of aromatic nitrogens is 4. The van der Waals surface area contributed by atoms with Crippen LogP contribution in [-0.4, -0.2) is 24.4 Å². The van der Waals surface area contributed by atoms with Crippen molar-refractivity contribution in [1.82, 2.24) is 19.2 Å². The number of fused-ring (bicyclic) bond motifs is 1. The third-order valence-electron chi connectivity index (χ3n) is 4.47. The molecule has 0 amide bonds. The first kappa shape index (κ1) is 15.4. The summed E-state index contributed by atoms with van der Waals surface area (Å²) in [5.74, 6) is 0. The molecule has 124 valence electrons. The molecule has 0 N–H and O–H groups in total. The van der Waals surface area contributed by atoms with Crippen LogP contribution < -0.4 is 5.69 Å². The predicted octanol–water partition coefficient (Wildman–Crippen LogP) is 3.36. The van der Waals surface area contributed by atoms with Gasteiger partial charge in [0, 0.05) is 17.6 Å². The van der Waals surface area contributed by atoms with Gasteiger partial charge in [0.25, 0.3) is 0 Å². The maximum atomic E-state index is 12.6. The summed E-state index contributed by atoms with van der Waals surface area (Å²) < 4.78 is 3.14. The molecule has 0 radical (unpaired) electrons. The van der Waals surface area contributed by atoms with Crippen LogP contribution in [0.25, 0.3) is 5.65 Å². The highest BCUT2D eigenvalue weighted by Gasteiger charge is 2.19. The summed E-state index contributed by atoms with van der Waals surface area (Å²) in [6.45, 7) is 0.481. The van der Waals surface area contributed by atoms with E-state index >= 15 is 0 Å². The fourth-order valence-electron chi connectivity index (χ4n) is 3.21. The molecule has 0 saturated heterocycles. The van der Waals surface area contributed by atoms with Gasteiger partial charge in [-0.2, -0.15) is 0 Å². The first-order valence-corrected chi connectivity index (χ1v) is 9.34. The van der Waals surface area contributed by atoms with E-state index in [2.05, 4.69) is 10.1 Å². The number of hydrogen-bond donors (Lipinski definition) is 0. The van der Waals surface area contributed by atoms with E-state index in [4.69, 9.17) is 0 Å². The van der Waals surface area contributed by atoms with Gasteiger partial charge in [0.2, 0.25) is 0 Å². The van der Waals surface area contributed by atoms with Gasteiger partial charge in [-0.05, 0) is 18.4 Å². The van der Waals surface area contributed by atoms with Gasteiger partial charge in [-0.1, -0.05) is 61.4 Å². The molecule has 1 fully saturated rings. The molecule has 0 spiro atoms. The molecule has 1 aliphatic carbocycles. The second-order valence-electron chi connectivity index (χ2n) is 6.23. The zero-order valence-corrected chi connectivity index (χ0v) is 14.3. The minimum Gasteiger partial charge on any atom is -0.246 e. The smallest absolute Gasteiger partial charge is 0.246 e. The van der Waals surface area contributed by atoms with E-state index in [1.165, 1.54) is 36.8 Å². The van der Waals surface area contributed by atoms with Crippen molar-refractivity contribution in [3.63, 3.8) is 0 Å². The van der Waals surface area contributed by atoms with Gasteiger partial charge in [-0.15, -0.1) is 5.10 Å². The van der Waals surface area contributed by atoms with E-state index in [0.29, 0.717) is 17.4 Å². The van der Waals surface area contributed by atoms with Gasteiger partial charge in [0.1, 0.15) is 5.03 Å². The van der Waals surface area contributed by atoms with Gasteiger partial charge in [0.15, 0.2) is 5.65 Å². The molecule has 1 saturated carbocycles. The van der Waals surface area contributed by atoms with Gasteiger partial charge >= 0.3 is 5.69 Å². The van der Waals surface area contributed by atoms with Crippen molar-refractivity contribution in [1.29, 1.82) is 0 Å². The Bertz CT molecular complexity index is 881. The van der Waals surface area contributed by atoms with Crippen molar-refractivity contribution < 1.29 is 0 Å². The first-order valence-electron chi connectivity index (χ1n) is 8.46. The molecule has 0 bridgehead atoms. The Labute approximate surface area is 144 Å². The molecule has 0 aliphatic heterocycles. The summed E-state index contributed by atoms with van der Waals surface area (Å²) in [6.07, 6.45) is 9.77.